The van der Waals surface area contributed by atoms with Gasteiger partial charge in [0, 0.05) is 10.6 Å². The second-order valence-electron chi connectivity index (χ2n) is 3.75. The fraction of sp³-hybridized carbons (Fsp3) is 0.250. The molecule has 1 aromatic carbocycles. The number of aliphatic hydroxyl groups excluding tert-OH is 1. The van der Waals surface area contributed by atoms with Crippen molar-refractivity contribution in [3.05, 3.63) is 50.2 Å². The minimum absolute atomic E-state index is 0.223. The Morgan fingerprint density at radius 2 is 2.12 bits per heavy atom. The molecule has 1 heterocycles. The lowest BCUT2D eigenvalue weighted by Gasteiger charge is -2.10. The van der Waals surface area contributed by atoms with E-state index in [1.807, 2.05) is 6.92 Å². The molecule has 1 unspecified atom stereocenters. The van der Waals surface area contributed by atoms with Gasteiger partial charge in [0.05, 0.1) is 15.6 Å². The van der Waals surface area contributed by atoms with Gasteiger partial charge in [-0.2, -0.15) is 0 Å². The van der Waals surface area contributed by atoms with Crippen molar-refractivity contribution in [1.82, 2.24) is 4.98 Å². The molecule has 5 heteroatoms. The van der Waals surface area contributed by atoms with Gasteiger partial charge in [-0.25, -0.2) is 9.37 Å². The van der Waals surface area contributed by atoms with Crippen LogP contribution >= 0.6 is 22.9 Å². The number of aliphatic hydroxyl groups is 1. The molecule has 0 aliphatic heterocycles. The van der Waals surface area contributed by atoms with Crippen molar-refractivity contribution in [1.29, 1.82) is 0 Å². The number of hydrogen-bond donors (Lipinski definition) is 1. The Balaban J connectivity index is 2.43. The molecule has 90 valence electrons. The SMILES string of the molecule is Cc1nc(C)c(C(O)c2ccc(Cl)cc2F)s1. The van der Waals surface area contributed by atoms with E-state index in [-0.39, 0.29) is 5.56 Å². The third-order valence-electron chi connectivity index (χ3n) is 2.44. The van der Waals surface area contributed by atoms with E-state index < -0.39 is 11.9 Å². The maximum absolute atomic E-state index is 13.7. The van der Waals surface area contributed by atoms with Crippen LogP contribution < -0.4 is 0 Å². The van der Waals surface area contributed by atoms with E-state index in [4.69, 9.17) is 11.6 Å². The molecule has 0 saturated carbocycles. The Hall–Kier alpha value is -0.970. The van der Waals surface area contributed by atoms with Gasteiger partial charge >= 0.3 is 0 Å². The quantitative estimate of drug-likeness (QED) is 0.905. The van der Waals surface area contributed by atoms with Gasteiger partial charge in [0.2, 0.25) is 0 Å². The molecule has 0 saturated heterocycles. The van der Waals surface area contributed by atoms with Crippen LogP contribution in [-0.4, -0.2) is 10.1 Å². The lowest BCUT2D eigenvalue weighted by atomic mass is 10.1. The lowest BCUT2D eigenvalue weighted by molar-refractivity contribution is 0.218. The molecule has 0 radical (unpaired) electrons. The second kappa shape index (κ2) is 4.72. The van der Waals surface area contributed by atoms with Crippen molar-refractivity contribution in [2.75, 3.05) is 0 Å². The van der Waals surface area contributed by atoms with Gasteiger partial charge in [-0.05, 0) is 26.0 Å². The topological polar surface area (TPSA) is 33.1 Å². The Kier molecular flexibility index (Phi) is 3.47. The highest BCUT2D eigenvalue weighted by molar-refractivity contribution is 7.11. The zero-order chi connectivity index (χ0) is 12.6. The Bertz CT molecular complexity index is 555. The average molecular weight is 272 g/mol. The van der Waals surface area contributed by atoms with E-state index >= 15 is 0 Å². The van der Waals surface area contributed by atoms with Gasteiger partial charge < -0.3 is 5.11 Å². The van der Waals surface area contributed by atoms with Crippen molar-refractivity contribution in [3.8, 4) is 0 Å². The van der Waals surface area contributed by atoms with E-state index in [9.17, 15) is 9.50 Å². The molecule has 0 fully saturated rings. The van der Waals surface area contributed by atoms with Crippen LogP contribution in [0.25, 0.3) is 0 Å². The monoisotopic (exact) mass is 271 g/mol. The van der Waals surface area contributed by atoms with Crippen LogP contribution in [0.4, 0.5) is 4.39 Å². The van der Waals surface area contributed by atoms with Crippen LogP contribution in [0.2, 0.25) is 5.02 Å². The third-order valence-corrected chi connectivity index (χ3v) is 3.81. The largest absolute Gasteiger partial charge is 0.383 e. The number of aryl methyl sites for hydroxylation is 2. The maximum Gasteiger partial charge on any atom is 0.130 e. The summed E-state index contributed by atoms with van der Waals surface area (Å²) in [4.78, 5) is 4.88. The zero-order valence-corrected chi connectivity index (χ0v) is 10.9. The van der Waals surface area contributed by atoms with Crippen LogP contribution in [0.3, 0.4) is 0 Å². The molecule has 0 bridgehead atoms. The second-order valence-corrected chi connectivity index (χ2v) is 5.42. The summed E-state index contributed by atoms with van der Waals surface area (Å²) in [5, 5.41) is 11.3. The van der Waals surface area contributed by atoms with E-state index in [0.717, 1.165) is 10.7 Å². The summed E-state index contributed by atoms with van der Waals surface area (Å²) < 4.78 is 13.7. The first-order valence-electron chi connectivity index (χ1n) is 5.06. The summed E-state index contributed by atoms with van der Waals surface area (Å²) in [5.41, 5.74) is 0.954. The number of thiazole rings is 1. The van der Waals surface area contributed by atoms with Crippen molar-refractivity contribution < 1.29 is 9.50 Å². The number of nitrogens with zero attached hydrogens (tertiary/aromatic N) is 1. The third kappa shape index (κ3) is 2.49. The zero-order valence-electron chi connectivity index (χ0n) is 9.37. The van der Waals surface area contributed by atoms with Crippen LogP contribution in [0.15, 0.2) is 18.2 Å². The maximum atomic E-state index is 13.7. The standard InChI is InChI=1S/C12H11ClFNOS/c1-6-12(17-7(2)15-6)11(16)9-4-3-8(13)5-10(9)14/h3-5,11,16H,1-2H3. The number of rotatable bonds is 2. The Morgan fingerprint density at radius 1 is 1.41 bits per heavy atom. The Morgan fingerprint density at radius 3 is 2.65 bits per heavy atom. The molecule has 1 N–H and O–H groups in total. The van der Waals surface area contributed by atoms with E-state index in [0.29, 0.717) is 9.90 Å². The summed E-state index contributed by atoms with van der Waals surface area (Å²) in [5.74, 6) is -0.504. The van der Waals surface area contributed by atoms with Gasteiger partial charge in [-0.15, -0.1) is 11.3 Å². The molecular weight excluding hydrogens is 261 g/mol. The molecule has 17 heavy (non-hydrogen) atoms. The molecule has 2 nitrogen and oxygen atoms in total. The van der Waals surface area contributed by atoms with Gasteiger partial charge in [0.15, 0.2) is 0 Å². The molecule has 0 amide bonds. The first-order chi connectivity index (χ1) is 7.99. The normalized spacial score (nSPS) is 12.8. The van der Waals surface area contributed by atoms with Gasteiger partial charge in [0.25, 0.3) is 0 Å². The van der Waals surface area contributed by atoms with Crippen molar-refractivity contribution in [2.24, 2.45) is 0 Å². The number of benzene rings is 1. The minimum atomic E-state index is -0.988. The Labute approximate surface area is 108 Å². The fourth-order valence-electron chi connectivity index (χ4n) is 1.67. The lowest BCUT2D eigenvalue weighted by Crippen LogP contribution is -2.02. The molecular formula is C12H11ClFNOS. The number of aromatic nitrogens is 1. The number of halogens is 2. The van der Waals surface area contributed by atoms with Crippen LogP contribution in [-0.2, 0) is 0 Å². The summed E-state index contributed by atoms with van der Waals surface area (Å²) in [6.07, 6.45) is -0.988. The van der Waals surface area contributed by atoms with Crippen molar-refractivity contribution in [3.63, 3.8) is 0 Å². The van der Waals surface area contributed by atoms with Gasteiger partial charge in [-0.1, -0.05) is 17.7 Å². The van der Waals surface area contributed by atoms with Crippen molar-refractivity contribution >= 4 is 22.9 Å². The van der Waals surface area contributed by atoms with Crippen LogP contribution in [0, 0.1) is 19.7 Å². The number of hydrogen-bond acceptors (Lipinski definition) is 3. The minimum Gasteiger partial charge on any atom is -0.383 e. The summed E-state index contributed by atoms with van der Waals surface area (Å²) in [6.45, 7) is 3.65. The molecule has 0 spiro atoms. The van der Waals surface area contributed by atoms with Gasteiger partial charge in [-0.3, -0.25) is 0 Å². The smallest absolute Gasteiger partial charge is 0.130 e. The first-order valence-corrected chi connectivity index (χ1v) is 6.25. The highest BCUT2D eigenvalue weighted by atomic mass is 35.5. The average Bonchev–Trinajstić information content (AvgIpc) is 2.57. The molecule has 1 aromatic heterocycles. The molecule has 2 rings (SSSR count). The van der Waals surface area contributed by atoms with Gasteiger partial charge in [0.1, 0.15) is 11.9 Å². The first kappa shape index (κ1) is 12.5. The highest BCUT2D eigenvalue weighted by Crippen LogP contribution is 2.31. The molecule has 0 aliphatic rings. The predicted molar refractivity (Wildman–Crippen MR) is 67.1 cm³/mol. The van der Waals surface area contributed by atoms with E-state index in [2.05, 4.69) is 4.98 Å². The van der Waals surface area contributed by atoms with Crippen LogP contribution in [0.5, 0.6) is 0 Å². The summed E-state index contributed by atoms with van der Waals surface area (Å²) >= 11 is 7.04. The summed E-state index contributed by atoms with van der Waals surface area (Å²) in [6, 6.07) is 4.26. The summed E-state index contributed by atoms with van der Waals surface area (Å²) in [7, 11) is 0. The van der Waals surface area contributed by atoms with Crippen LogP contribution in [0.1, 0.15) is 27.2 Å². The highest BCUT2D eigenvalue weighted by Gasteiger charge is 2.20. The molecule has 1 atom stereocenters. The fourth-order valence-corrected chi connectivity index (χ4v) is 2.76. The van der Waals surface area contributed by atoms with E-state index in [1.165, 1.54) is 23.5 Å². The van der Waals surface area contributed by atoms with E-state index in [1.54, 1.807) is 13.0 Å². The molecule has 2 aromatic rings. The molecule has 0 aliphatic carbocycles. The predicted octanol–water partition coefficient (Wildman–Crippen LogP) is 3.63. The van der Waals surface area contributed by atoms with Crippen molar-refractivity contribution in [2.45, 2.75) is 20.0 Å².